The number of methoxy groups -OCH3 is 1. The minimum absolute atomic E-state index is 0. The first-order valence-corrected chi connectivity index (χ1v) is 4.13. The average Bonchev–Trinajstić information content (AvgIpc) is 2.11. The molecule has 0 aromatic rings. The molecular weight excluding hydrogens is 190 g/mol. The van der Waals surface area contributed by atoms with Crippen molar-refractivity contribution in [3.63, 3.8) is 0 Å². The van der Waals surface area contributed by atoms with Gasteiger partial charge in [-0.15, -0.1) is 0 Å². The molecule has 3 N–H and O–H groups in total. The lowest BCUT2D eigenvalue weighted by Crippen LogP contribution is -3.00. The summed E-state index contributed by atoms with van der Waals surface area (Å²) in [5, 5.41) is 14.1. The lowest BCUT2D eigenvalue weighted by atomic mass is 10.1. The molecule has 0 aliphatic carbocycles. The van der Waals surface area contributed by atoms with Gasteiger partial charge in [0, 0.05) is 0 Å². The maximum atomic E-state index is 8.64. The number of halogens is 1. The Hall–Kier alpha value is -0.540. The van der Waals surface area contributed by atoms with E-state index in [9.17, 15) is 0 Å². The van der Waals surface area contributed by atoms with Crippen molar-refractivity contribution in [3.05, 3.63) is 12.2 Å². The van der Waals surface area contributed by atoms with E-state index >= 15 is 0 Å². The molecule has 0 rings (SSSR count). The lowest BCUT2D eigenvalue weighted by Gasteiger charge is -2.00. The Labute approximate surface area is 85.7 Å². The molecule has 0 saturated carbocycles. The number of rotatable bonds is 6. The van der Waals surface area contributed by atoms with Crippen molar-refractivity contribution in [1.82, 2.24) is 0 Å². The second-order valence-corrected chi connectivity index (χ2v) is 2.79. The fraction of sp³-hybridized carbons (Fsp3) is 0.667. The summed E-state index contributed by atoms with van der Waals surface area (Å²) in [6, 6.07) is 0. The van der Waals surface area contributed by atoms with Crippen LogP contribution in [0.5, 0.6) is 0 Å². The van der Waals surface area contributed by atoms with Crippen molar-refractivity contribution in [3.8, 4) is 0 Å². The summed E-state index contributed by atoms with van der Waals surface area (Å²) in [6.07, 6.45) is 3.64. The summed E-state index contributed by atoms with van der Waals surface area (Å²) in [5.41, 5.74) is 0.881. The van der Waals surface area contributed by atoms with Gasteiger partial charge in [-0.05, 0) is 19.3 Å². The van der Waals surface area contributed by atoms with Gasteiger partial charge >= 0.3 is 5.90 Å². The molecule has 0 atom stereocenters. The summed E-state index contributed by atoms with van der Waals surface area (Å²) in [5.74, 6) is 0.574. The van der Waals surface area contributed by atoms with Crippen LogP contribution in [0.15, 0.2) is 12.2 Å². The Kier molecular flexibility index (Phi) is 11.0. The van der Waals surface area contributed by atoms with Gasteiger partial charge in [-0.25, -0.2) is 5.41 Å². The van der Waals surface area contributed by atoms with Crippen molar-refractivity contribution in [1.29, 1.82) is 0 Å². The van der Waals surface area contributed by atoms with Crippen LogP contribution in [0.25, 0.3) is 0 Å². The Morgan fingerprint density at radius 1 is 1.38 bits per heavy atom. The van der Waals surface area contributed by atoms with E-state index in [1.807, 2.05) is 0 Å². The minimum atomic E-state index is 0. The first kappa shape index (κ1) is 15.0. The normalized spacial score (nSPS) is 8.77. The van der Waals surface area contributed by atoms with Crippen LogP contribution in [-0.4, -0.2) is 24.7 Å². The van der Waals surface area contributed by atoms with E-state index in [4.69, 9.17) is 15.3 Å². The number of hydrogen-bond donors (Lipinski definition) is 2. The van der Waals surface area contributed by atoms with Gasteiger partial charge in [-0.1, -0.05) is 12.2 Å². The molecule has 0 unspecified atom stereocenters. The summed E-state index contributed by atoms with van der Waals surface area (Å²) >= 11 is 0. The van der Waals surface area contributed by atoms with Gasteiger partial charge in [-0.2, -0.15) is 0 Å². The highest BCUT2D eigenvalue weighted by molar-refractivity contribution is 5.68. The number of aliphatic hydroxyl groups excluding tert-OH is 1. The summed E-state index contributed by atoms with van der Waals surface area (Å²) in [4.78, 5) is 0. The summed E-state index contributed by atoms with van der Waals surface area (Å²) < 4.78 is 4.81. The number of unbranched alkanes of at least 4 members (excludes halogenated alkanes) is 1. The third-order valence-electron chi connectivity index (χ3n) is 1.69. The molecule has 0 fully saturated rings. The predicted octanol–water partition coefficient (Wildman–Crippen LogP) is -3.10. The van der Waals surface area contributed by atoms with E-state index in [0.29, 0.717) is 5.90 Å². The van der Waals surface area contributed by atoms with Gasteiger partial charge in [-0.3, -0.25) is 0 Å². The average molecular weight is 208 g/mol. The SMILES string of the molecule is C=C(CO)CCCCC(=[NH2+])OC.[Cl-]. The zero-order valence-corrected chi connectivity index (χ0v) is 8.81. The molecule has 3 nitrogen and oxygen atoms in total. The van der Waals surface area contributed by atoms with Crippen molar-refractivity contribution in [2.24, 2.45) is 0 Å². The Morgan fingerprint density at radius 2 is 1.92 bits per heavy atom. The second-order valence-electron chi connectivity index (χ2n) is 2.79. The van der Waals surface area contributed by atoms with Crippen LogP contribution in [0.2, 0.25) is 0 Å². The third kappa shape index (κ3) is 9.37. The number of hydrogen-bond acceptors (Lipinski definition) is 2. The highest BCUT2D eigenvalue weighted by Gasteiger charge is 2.00. The van der Waals surface area contributed by atoms with Crippen LogP contribution in [0.1, 0.15) is 25.7 Å². The molecule has 0 saturated heterocycles. The highest BCUT2D eigenvalue weighted by Crippen LogP contribution is 2.06. The molecule has 0 amide bonds. The van der Waals surface area contributed by atoms with Crippen molar-refractivity contribution < 1.29 is 27.7 Å². The van der Waals surface area contributed by atoms with E-state index in [2.05, 4.69) is 6.58 Å². The minimum Gasteiger partial charge on any atom is -1.00 e. The van der Waals surface area contributed by atoms with E-state index in [1.165, 1.54) is 0 Å². The quantitative estimate of drug-likeness (QED) is 0.210. The smallest absolute Gasteiger partial charge is 0.332 e. The van der Waals surface area contributed by atoms with E-state index in [0.717, 1.165) is 31.3 Å². The molecule has 0 aliphatic rings. The molecule has 0 radical (unpaired) electrons. The van der Waals surface area contributed by atoms with Crippen molar-refractivity contribution >= 4 is 5.90 Å². The molecule has 0 aliphatic heterocycles. The van der Waals surface area contributed by atoms with Crippen LogP contribution in [0, 0.1) is 0 Å². The molecule has 0 aromatic carbocycles. The first-order valence-electron chi connectivity index (χ1n) is 4.13. The monoisotopic (exact) mass is 207 g/mol. The van der Waals surface area contributed by atoms with Crippen LogP contribution in [-0.2, 0) is 4.74 Å². The van der Waals surface area contributed by atoms with Gasteiger partial charge in [0.25, 0.3) is 0 Å². The largest absolute Gasteiger partial charge is 1.00 e. The van der Waals surface area contributed by atoms with Gasteiger partial charge in [0.05, 0.1) is 20.1 Å². The molecule has 0 bridgehead atoms. The Morgan fingerprint density at radius 3 is 2.38 bits per heavy atom. The number of aliphatic hydroxyl groups is 1. The van der Waals surface area contributed by atoms with Gasteiger partial charge in [0.1, 0.15) is 0 Å². The first-order chi connectivity index (χ1) is 5.70. The lowest BCUT2D eigenvalue weighted by molar-refractivity contribution is -0.140. The molecule has 0 spiro atoms. The zero-order valence-electron chi connectivity index (χ0n) is 8.05. The number of nitrogens with two attached hydrogens (primary N) is 1. The summed E-state index contributed by atoms with van der Waals surface area (Å²) in [7, 11) is 1.57. The van der Waals surface area contributed by atoms with Gasteiger partial charge in [0.2, 0.25) is 0 Å². The molecule has 13 heavy (non-hydrogen) atoms. The van der Waals surface area contributed by atoms with Gasteiger partial charge < -0.3 is 22.3 Å². The van der Waals surface area contributed by atoms with Crippen LogP contribution in [0.3, 0.4) is 0 Å². The molecule has 0 aromatic heterocycles. The van der Waals surface area contributed by atoms with Crippen LogP contribution >= 0.6 is 0 Å². The Bertz CT molecular complexity index is 142. The maximum Gasteiger partial charge on any atom is 0.332 e. The van der Waals surface area contributed by atoms with Crippen LogP contribution < -0.4 is 17.8 Å². The van der Waals surface area contributed by atoms with E-state index in [-0.39, 0.29) is 19.0 Å². The standard InChI is InChI=1S/C9H17NO2.ClH/c1-8(7-11)5-3-4-6-9(10)12-2;/h10-11H,1,3-7H2,2H3;1H. The molecule has 78 valence electrons. The number of ether oxygens (including phenoxy) is 1. The van der Waals surface area contributed by atoms with Gasteiger partial charge in [0.15, 0.2) is 0 Å². The molecular formula is C9H18ClNO2. The second kappa shape index (κ2) is 9.55. The topological polar surface area (TPSA) is 55.0 Å². The van der Waals surface area contributed by atoms with E-state index in [1.54, 1.807) is 7.11 Å². The van der Waals surface area contributed by atoms with Crippen molar-refractivity contribution in [2.45, 2.75) is 25.7 Å². The maximum absolute atomic E-state index is 8.64. The highest BCUT2D eigenvalue weighted by atomic mass is 35.5. The zero-order chi connectivity index (χ0) is 9.40. The fourth-order valence-corrected chi connectivity index (χ4v) is 0.855. The molecule has 4 heteroatoms. The van der Waals surface area contributed by atoms with E-state index < -0.39 is 0 Å². The third-order valence-corrected chi connectivity index (χ3v) is 1.69. The summed E-state index contributed by atoms with van der Waals surface area (Å²) in [6.45, 7) is 3.78. The van der Waals surface area contributed by atoms with Crippen molar-refractivity contribution in [2.75, 3.05) is 13.7 Å². The molecule has 0 heterocycles. The predicted molar refractivity (Wildman–Crippen MR) is 48.6 cm³/mol. The fourth-order valence-electron chi connectivity index (χ4n) is 0.855. The Balaban J connectivity index is 0. The van der Waals surface area contributed by atoms with Crippen LogP contribution in [0.4, 0.5) is 0 Å².